The molecule has 0 bridgehead atoms. The quantitative estimate of drug-likeness (QED) is 0.687. The summed E-state index contributed by atoms with van der Waals surface area (Å²) in [5, 5.41) is 29.6. The molecule has 1 aliphatic heterocycles. The molecule has 0 amide bonds. The van der Waals surface area contributed by atoms with Crippen molar-refractivity contribution >= 4 is 0 Å². The summed E-state index contributed by atoms with van der Waals surface area (Å²) in [4.78, 5) is 0. The highest BCUT2D eigenvalue weighted by Gasteiger charge is 2.45. The van der Waals surface area contributed by atoms with Gasteiger partial charge in [0.05, 0.1) is 13.2 Å². The molecule has 0 saturated carbocycles. The first-order valence-electron chi connectivity index (χ1n) is 7.07. The third kappa shape index (κ3) is 4.00. The lowest BCUT2D eigenvalue weighted by Crippen LogP contribution is -2.60. The highest BCUT2D eigenvalue weighted by Crippen LogP contribution is 2.25. The van der Waals surface area contributed by atoms with E-state index in [-0.39, 0.29) is 13.2 Å². The maximum absolute atomic E-state index is 10.2. The van der Waals surface area contributed by atoms with Crippen LogP contribution in [0.2, 0.25) is 0 Å². The predicted octanol–water partition coefficient (Wildman–Crippen LogP) is 0.0473. The number of hydrogen-bond acceptors (Lipinski definition) is 6. The lowest BCUT2D eigenvalue weighted by molar-refractivity contribution is -0.308. The van der Waals surface area contributed by atoms with E-state index in [0.717, 1.165) is 5.56 Å². The third-order valence-electron chi connectivity index (χ3n) is 3.44. The highest BCUT2D eigenvalue weighted by molar-refractivity contribution is 5.13. The van der Waals surface area contributed by atoms with E-state index in [9.17, 15) is 15.3 Å². The zero-order valence-electron chi connectivity index (χ0n) is 12.0. The van der Waals surface area contributed by atoms with Gasteiger partial charge in [-0.25, -0.2) is 0 Å². The van der Waals surface area contributed by atoms with Crippen molar-refractivity contribution in [2.75, 3.05) is 13.2 Å². The Morgan fingerprint density at radius 1 is 1.10 bits per heavy atom. The van der Waals surface area contributed by atoms with Gasteiger partial charge in [-0.3, -0.25) is 0 Å². The van der Waals surface area contributed by atoms with E-state index in [4.69, 9.17) is 14.2 Å². The molecule has 2 rings (SSSR count). The fourth-order valence-corrected chi connectivity index (χ4v) is 2.33. The maximum atomic E-state index is 10.2. The molecule has 5 atom stereocenters. The lowest BCUT2D eigenvalue weighted by atomic mass is 9.99. The molecule has 0 aliphatic carbocycles. The molecule has 118 valence electrons. The molecule has 21 heavy (non-hydrogen) atoms. The number of benzene rings is 1. The van der Waals surface area contributed by atoms with Crippen LogP contribution >= 0.6 is 0 Å². The average Bonchev–Trinajstić information content (AvgIpc) is 2.52. The summed E-state index contributed by atoms with van der Waals surface area (Å²) in [5.41, 5.74) is 0.933. The standard InChI is InChI=1S/C15H22O6/c1-2-19-15-13(18)12(17)14(11(8-16)21-15)20-9-10-6-4-3-5-7-10/h3-7,11-18H,2,8-9H2,1H3/t11-,12-,13-,14-,15+/m1/s1. The van der Waals surface area contributed by atoms with Crippen LogP contribution in [0.3, 0.4) is 0 Å². The maximum Gasteiger partial charge on any atom is 0.186 e. The summed E-state index contributed by atoms with van der Waals surface area (Å²) in [5.74, 6) is 0. The molecule has 0 unspecified atom stereocenters. The van der Waals surface area contributed by atoms with E-state index in [1.54, 1.807) is 6.92 Å². The monoisotopic (exact) mass is 298 g/mol. The Kier molecular flexibility index (Phi) is 6.10. The van der Waals surface area contributed by atoms with Crippen LogP contribution in [0.4, 0.5) is 0 Å². The Morgan fingerprint density at radius 2 is 1.81 bits per heavy atom. The van der Waals surface area contributed by atoms with Gasteiger partial charge in [0.1, 0.15) is 24.4 Å². The SMILES string of the molecule is CCO[C@H]1O[C@H](CO)[C@@H](OCc2ccccc2)[C@H](O)[C@H]1O. The Labute approximate surface area is 123 Å². The average molecular weight is 298 g/mol. The molecule has 0 aromatic heterocycles. The first-order chi connectivity index (χ1) is 10.2. The number of rotatable bonds is 6. The van der Waals surface area contributed by atoms with E-state index in [1.165, 1.54) is 0 Å². The second-order valence-electron chi connectivity index (χ2n) is 4.92. The summed E-state index contributed by atoms with van der Waals surface area (Å²) in [6.07, 6.45) is -4.92. The van der Waals surface area contributed by atoms with Gasteiger partial charge in [-0.2, -0.15) is 0 Å². The first-order valence-corrected chi connectivity index (χ1v) is 7.07. The zero-order valence-corrected chi connectivity index (χ0v) is 12.0. The minimum Gasteiger partial charge on any atom is -0.394 e. The fourth-order valence-electron chi connectivity index (χ4n) is 2.33. The van der Waals surface area contributed by atoms with Gasteiger partial charge in [0.2, 0.25) is 0 Å². The molecule has 1 saturated heterocycles. The van der Waals surface area contributed by atoms with Crippen LogP contribution in [0.1, 0.15) is 12.5 Å². The molecule has 0 radical (unpaired) electrons. The molecule has 6 nitrogen and oxygen atoms in total. The minimum absolute atomic E-state index is 0.258. The van der Waals surface area contributed by atoms with E-state index in [2.05, 4.69) is 0 Å². The van der Waals surface area contributed by atoms with Crippen molar-refractivity contribution in [2.45, 2.75) is 44.2 Å². The Hall–Kier alpha value is -1.02. The van der Waals surface area contributed by atoms with Gasteiger partial charge < -0.3 is 29.5 Å². The Morgan fingerprint density at radius 3 is 2.43 bits per heavy atom. The molecule has 1 fully saturated rings. The van der Waals surface area contributed by atoms with Crippen molar-refractivity contribution in [2.24, 2.45) is 0 Å². The first kappa shape index (κ1) is 16.4. The number of aliphatic hydroxyl groups excluding tert-OH is 3. The molecule has 1 heterocycles. The number of ether oxygens (including phenoxy) is 3. The fraction of sp³-hybridized carbons (Fsp3) is 0.600. The molecule has 6 heteroatoms. The van der Waals surface area contributed by atoms with Crippen LogP contribution in [0.15, 0.2) is 30.3 Å². The van der Waals surface area contributed by atoms with E-state index in [0.29, 0.717) is 6.61 Å². The van der Waals surface area contributed by atoms with Crippen molar-refractivity contribution in [1.82, 2.24) is 0 Å². The molecule has 1 aromatic rings. The summed E-state index contributed by atoms with van der Waals surface area (Å²) < 4.78 is 16.3. The van der Waals surface area contributed by atoms with Crippen molar-refractivity contribution in [3.8, 4) is 0 Å². The topological polar surface area (TPSA) is 88.4 Å². The van der Waals surface area contributed by atoms with Crippen LogP contribution in [-0.4, -0.2) is 59.2 Å². The minimum atomic E-state index is -1.21. The van der Waals surface area contributed by atoms with E-state index >= 15 is 0 Å². The summed E-state index contributed by atoms with van der Waals surface area (Å²) in [6.45, 7) is 2.03. The molecule has 1 aromatic carbocycles. The smallest absolute Gasteiger partial charge is 0.186 e. The lowest BCUT2D eigenvalue weighted by Gasteiger charge is -2.41. The largest absolute Gasteiger partial charge is 0.394 e. The van der Waals surface area contributed by atoms with Crippen molar-refractivity contribution in [3.63, 3.8) is 0 Å². The van der Waals surface area contributed by atoms with Crippen molar-refractivity contribution < 1.29 is 29.5 Å². The molecule has 0 spiro atoms. The number of aliphatic hydroxyl groups is 3. The Balaban J connectivity index is 2.00. The van der Waals surface area contributed by atoms with Crippen LogP contribution in [0, 0.1) is 0 Å². The van der Waals surface area contributed by atoms with Crippen LogP contribution in [0.5, 0.6) is 0 Å². The molecule has 3 N–H and O–H groups in total. The van der Waals surface area contributed by atoms with Crippen LogP contribution < -0.4 is 0 Å². The van der Waals surface area contributed by atoms with Gasteiger partial charge in [0.25, 0.3) is 0 Å². The number of hydrogen-bond donors (Lipinski definition) is 3. The van der Waals surface area contributed by atoms with Gasteiger partial charge in [-0.05, 0) is 12.5 Å². The second kappa shape index (κ2) is 7.84. The predicted molar refractivity (Wildman–Crippen MR) is 74.4 cm³/mol. The van der Waals surface area contributed by atoms with Crippen LogP contribution in [0.25, 0.3) is 0 Å². The summed E-state index contributed by atoms with van der Waals surface area (Å²) in [6, 6.07) is 9.45. The zero-order chi connectivity index (χ0) is 15.2. The third-order valence-corrected chi connectivity index (χ3v) is 3.44. The second-order valence-corrected chi connectivity index (χ2v) is 4.92. The Bertz CT molecular complexity index is 410. The van der Waals surface area contributed by atoms with E-state index < -0.39 is 30.7 Å². The molecular weight excluding hydrogens is 276 g/mol. The van der Waals surface area contributed by atoms with Gasteiger partial charge in [-0.15, -0.1) is 0 Å². The normalized spacial score (nSPS) is 33.0. The van der Waals surface area contributed by atoms with Gasteiger partial charge in [0, 0.05) is 6.61 Å². The van der Waals surface area contributed by atoms with Gasteiger partial charge in [-0.1, -0.05) is 30.3 Å². The van der Waals surface area contributed by atoms with Crippen molar-refractivity contribution in [3.05, 3.63) is 35.9 Å². The summed E-state index contributed by atoms with van der Waals surface area (Å²) in [7, 11) is 0. The summed E-state index contributed by atoms with van der Waals surface area (Å²) >= 11 is 0. The molecule has 1 aliphatic rings. The molecular formula is C15H22O6. The van der Waals surface area contributed by atoms with Crippen molar-refractivity contribution in [1.29, 1.82) is 0 Å². The van der Waals surface area contributed by atoms with Gasteiger partial charge >= 0.3 is 0 Å². The van der Waals surface area contributed by atoms with Gasteiger partial charge in [0.15, 0.2) is 6.29 Å². The highest BCUT2D eigenvalue weighted by atomic mass is 16.7. The van der Waals surface area contributed by atoms with E-state index in [1.807, 2.05) is 30.3 Å². The van der Waals surface area contributed by atoms with Crippen LogP contribution in [-0.2, 0) is 20.8 Å².